The summed E-state index contributed by atoms with van der Waals surface area (Å²) in [6.45, 7) is 9.85. The summed E-state index contributed by atoms with van der Waals surface area (Å²) in [6.07, 6.45) is 2.85. The van der Waals surface area contributed by atoms with Crippen LogP contribution in [0.5, 0.6) is 0 Å². The maximum atomic E-state index is 11.0. The van der Waals surface area contributed by atoms with E-state index in [4.69, 9.17) is 4.42 Å². The maximum absolute atomic E-state index is 11.0. The van der Waals surface area contributed by atoms with E-state index in [2.05, 4.69) is 46.1 Å². The molecule has 0 saturated heterocycles. The molecule has 0 aliphatic carbocycles. The van der Waals surface area contributed by atoms with Crippen LogP contribution in [0.15, 0.2) is 15.6 Å². The molecule has 1 heterocycles. The fraction of sp³-hybridized carbons (Fsp3) is 0.714. The molecule has 10 heteroatoms. The van der Waals surface area contributed by atoms with Gasteiger partial charge in [0.25, 0.3) is 0 Å². The molecule has 0 bridgehead atoms. The Hall–Kier alpha value is -0.880. The van der Waals surface area contributed by atoms with Crippen LogP contribution in [0, 0.1) is 0 Å². The van der Waals surface area contributed by atoms with Gasteiger partial charge in [0.15, 0.2) is 5.96 Å². The summed E-state index contributed by atoms with van der Waals surface area (Å²) in [7, 11) is -3.18. The molecule has 140 valence electrons. The third-order valence-electron chi connectivity index (χ3n) is 2.79. The van der Waals surface area contributed by atoms with Crippen molar-refractivity contribution < 1.29 is 12.8 Å². The molecular weight excluding hydrogens is 445 g/mol. The monoisotopic (exact) mass is 473 g/mol. The molecule has 3 N–H and O–H groups in total. The average molecular weight is 473 g/mol. The van der Waals surface area contributed by atoms with E-state index in [0.717, 1.165) is 12.0 Å². The summed E-state index contributed by atoms with van der Waals surface area (Å²) in [5.41, 5.74) is -0.0883. The minimum Gasteiger partial charge on any atom is -0.443 e. The Kier molecular flexibility index (Phi) is 9.81. The van der Waals surface area contributed by atoms with Gasteiger partial charge in [0.1, 0.15) is 12.3 Å². The van der Waals surface area contributed by atoms with Crippen LogP contribution in [0.4, 0.5) is 0 Å². The second-order valence-electron chi connectivity index (χ2n) is 6.16. The van der Waals surface area contributed by atoms with Crippen LogP contribution in [-0.4, -0.2) is 45.3 Å². The highest BCUT2D eigenvalue weighted by molar-refractivity contribution is 14.0. The number of hydrogen-bond acceptors (Lipinski definition) is 5. The van der Waals surface area contributed by atoms with Gasteiger partial charge < -0.3 is 15.1 Å². The highest BCUT2D eigenvalue weighted by atomic mass is 127. The summed E-state index contributed by atoms with van der Waals surface area (Å²) in [5, 5.41) is 6.12. The number of guanidine groups is 1. The fourth-order valence-electron chi connectivity index (χ4n) is 1.64. The van der Waals surface area contributed by atoms with E-state index in [9.17, 15) is 8.42 Å². The van der Waals surface area contributed by atoms with Crippen LogP contribution in [0.1, 0.15) is 39.3 Å². The van der Waals surface area contributed by atoms with Gasteiger partial charge in [-0.15, -0.1) is 24.0 Å². The zero-order valence-electron chi connectivity index (χ0n) is 14.8. The van der Waals surface area contributed by atoms with Crippen LogP contribution in [0.25, 0.3) is 0 Å². The number of nitrogens with one attached hydrogen (secondary N) is 3. The molecule has 0 unspecified atom stereocenters. The van der Waals surface area contributed by atoms with Gasteiger partial charge in [-0.05, 0) is 6.92 Å². The molecule has 0 aliphatic heterocycles. The number of hydrogen-bond donors (Lipinski definition) is 3. The molecule has 0 spiro atoms. The van der Waals surface area contributed by atoms with E-state index in [1.807, 2.05) is 6.92 Å². The fourth-order valence-corrected chi connectivity index (χ4v) is 2.11. The Labute approximate surface area is 161 Å². The highest BCUT2D eigenvalue weighted by Gasteiger charge is 2.18. The standard InChI is InChI=1S/C14H27N5O3S.HI/c1-6-15-13(16-7-8-19-23(5,20)21)18-10-12-17-9-11(22-12)14(2,3)4;/h9,19H,6-8,10H2,1-5H3,(H2,15,16,18);1H. The first-order valence-electron chi connectivity index (χ1n) is 7.54. The van der Waals surface area contributed by atoms with E-state index >= 15 is 0 Å². The van der Waals surface area contributed by atoms with E-state index < -0.39 is 10.0 Å². The van der Waals surface area contributed by atoms with Crippen LogP contribution >= 0.6 is 24.0 Å². The summed E-state index contributed by atoms with van der Waals surface area (Å²) in [5.74, 6) is 1.94. The zero-order valence-corrected chi connectivity index (χ0v) is 18.0. The van der Waals surface area contributed by atoms with Gasteiger partial charge in [-0.2, -0.15) is 0 Å². The number of halogens is 1. The lowest BCUT2D eigenvalue weighted by molar-refractivity contribution is 0.383. The molecule has 0 aromatic carbocycles. The molecule has 8 nitrogen and oxygen atoms in total. The molecule has 0 aliphatic rings. The van der Waals surface area contributed by atoms with Crippen molar-refractivity contribution in [2.75, 3.05) is 25.9 Å². The second kappa shape index (κ2) is 10.2. The molecule has 0 radical (unpaired) electrons. The minimum absolute atomic E-state index is 0. The van der Waals surface area contributed by atoms with Crippen molar-refractivity contribution in [3.8, 4) is 0 Å². The largest absolute Gasteiger partial charge is 0.443 e. The highest BCUT2D eigenvalue weighted by Crippen LogP contribution is 2.22. The van der Waals surface area contributed by atoms with Crippen LogP contribution in [0.2, 0.25) is 0 Å². The summed E-state index contributed by atoms with van der Waals surface area (Å²) < 4.78 is 30.1. The van der Waals surface area contributed by atoms with Gasteiger partial charge >= 0.3 is 0 Å². The molecule has 1 aromatic rings. The molecule has 0 fully saturated rings. The van der Waals surface area contributed by atoms with E-state index in [1.54, 1.807) is 6.20 Å². The van der Waals surface area contributed by atoms with E-state index in [-0.39, 0.29) is 35.9 Å². The van der Waals surface area contributed by atoms with Crippen LogP contribution in [-0.2, 0) is 22.0 Å². The first kappa shape index (κ1) is 23.1. The van der Waals surface area contributed by atoms with Crippen molar-refractivity contribution in [1.82, 2.24) is 20.3 Å². The Morgan fingerprint density at radius 1 is 1.29 bits per heavy atom. The number of nitrogens with zero attached hydrogens (tertiary/aromatic N) is 2. The molecule has 24 heavy (non-hydrogen) atoms. The predicted molar refractivity (Wildman–Crippen MR) is 106 cm³/mol. The lowest BCUT2D eigenvalue weighted by Gasteiger charge is -2.13. The Morgan fingerprint density at radius 2 is 1.96 bits per heavy atom. The van der Waals surface area contributed by atoms with Crippen LogP contribution in [0.3, 0.4) is 0 Å². The van der Waals surface area contributed by atoms with Crippen molar-refractivity contribution >= 4 is 40.0 Å². The zero-order chi connectivity index (χ0) is 17.5. The lowest BCUT2D eigenvalue weighted by atomic mass is 9.94. The molecule has 0 atom stereocenters. The summed E-state index contributed by atoms with van der Waals surface area (Å²) in [4.78, 5) is 8.60. The van der Waals surface area contributed by atoms with Crippen molar-refractivity contribution in [2.45, 2.75) is 39.7 Å². The second-order valence-corrected chi connectivity index (χ2v) is 7.99. The normalized spacial score (nSPS) is 12.6. The van der Waals surface area contributed by atoms with E-state index in [0.29, 0.717) is 31.5 Å². The maximum Gasteiger partial charge on any atom is 0.216 e. The van der Waals surface area contributed by atoms with Gasteiger partial charge in [-0.3, -0.25) is 0 Å². The number of aromatic nitrogens is 1. The topological polar surface area (TPSA) is 109 Å². The molecular formula is C14H28IN5O3S. The third kappa shape index (κ3) is 9.42. The number of oxazole rings is 1. The first-order valence-corrected chi connectivity index (χ1v) is 9.43. The number of sulfonamides is 1. The van der Waals surface area contributed by atoms with Gasteiger partial charge in [0, 0.05) is 25.0 Å². The summed E-state index contributed by atoms with van der Waals surface area (Å²) >= 11 is 0. The minimum atomic E-state index is -3.18. The Balaban J connectivity index is 0.00000529. The van der Waals surface area contributed by atoms with Crippen molar-refractivity contribution in [3.05, 3.63) is 17.8 Å². The number of rotatable bonds is 7. The Morgan fingerprint density at radius 3 is 2.46 bits per heavy atom. The molecule has 1 rings (SSSR count). The van der Waals surface area contributed by atoms with Gasteiger partial charge in [0.2, 0.25) is 15.9 Å². The lowest BCUT2D eigenvalue weighted by Crippen LogP contribution is -2.41. The third-order valence-corrected chi connectivity index (χ3v) is 3.52. The van der Waals surface area contributed by atoms with Crippen molar-refractivity contribution in [2.24, 2.45) is 4.99 Å². The van der Waals surface area contributed by atoms with E-state index in [1.165, 1.54) is 0 Å². The quantitative estimate of drug-likeness (QED) is 0.238. The average Bonchev–Trinajstić information content (AvgIpc) is 2.88. The van der Waals surface area contributed by atoms with Crippen molar-refractivity contribution in [1.29, 1.82) is 0 Å². The molecule has 1 aromatic heterocycles. The SMILES string of the molecule is CCNC(=NCc1ncc(C(C)(C)C)o1)NCCNS(C)(=O)=O.I. The summed E-state index contributed by atoms with van der Waals surface area (Å²) in [6, 6.07) is 0. The van der Waals surface area contributed by atoms with Gasteiger partial charge in [-0.25, -0.2) is 23.1 Å². The van der Waals surface area contributed by atoms with Gasteiger partial charge in [0.05, 0.1) is 12.5 Å². The predicted octanol–water partition coefficient (Wildman–Crippen LogP) is 1.19. The van der Waals surface area contributed by atoms with Crippen LogP contribution < -0.4 is 15.4 Å². The van der Waals surface area contributed by atoms with Gasteiger partial charge in [-0.1, -0.05) is 20.8 Å². The smallest absolute Gasteiger partial charge is 0.216 e. The molecule has 0 amide bonds. The molecule has 0 saturated carbocycles. The van der Waals surface area contributed by atoms with Crippen molar-refractivity contribution in [3.63, 3.8) is 0 Å². The first-order chi connectivity index (χ1) is 10.6. The Bertz CT molecular complexity index is 623. The number of aliphatic imine (C=N–C) groups is 1.